The summed E-state index contributed by atoms with van der Waals surface area (Å²) in [7, 11) is 0. The molecular formula is C18H21N3. The zero-order chi connectivity index (χ0) is 14.8. The van der Waals surface area contributed by atoms with Gasteiger partial charge in [0.25, 0.3) is 0 Å². The number of hydrogen-bond donors (Lipinski definition) is 1. The first-order valence-corrected chi connectivity index (χ1v) is 7.38. The highest BCUT2D eigenvalue weighted by molar-refractivity contribution is 5.80. The fourth-order valence-corrected chi connectivity index (χ4v) is 2.82. The van der Waals surface area contributed by atoms with E-state index in [-0.39, 0.29) is 0 Å². The van der Waals surface area contributed by atoms with Gasteiger partial charge in [-0.25, -0.2) is 4.98 Å². The maximum atomic E-state index is 5.73. The van der Waals surface area contributed by atoms with Gasteiger partial charge in [-0.1, -0.05) is 23.8 Å². The van der Waals surface area contributed by atoms with Gasteiger partial charge in [-0.15, -0.1) is 0 Å². The number of benzene rings is 1. The highest BCUT2D eigenvalue weighted by Crippen LogP contribution is 2.22. The van der Waals surface area contributed by atoms with E-state index in [4.69, 9.17) is 5.73 Å². The van der Waals surface area contributed by atoms with Gasteiger partial charge in [0.15, 0.2) is 0 Å². The fourth-order valence-electron chi connectivity index (χ4n) is 2.82. The molecule has 2 aromatic heterocycles. The van der Waals surface area contributed by atoms with Crippen LogP contribution < -0.4 is 5.73 Å². The molecule has 2 N–H and O–H groups in total. The third-order valence-electron chi connectivity index (χ3n) is 3.98. The van der Waals surface area contributed by atoms with E-state index >= 15 is 0 Å². The standard InChI is InChI=1S/C18H21N3/c1-13-5-6-14(2)16(10-13)12-21-11-15(7-8-19)17-4-3-9-20-18(17)21/h3-6,9-11H,7-8,12,19H2,1-2H3. The minimum Gasteiger partial charge on any atom is -0.330 e. The summed E-state index contributed by atoms with van der Waals surface area (Å²) in [5.41, 5.74) is 12.0. The van der Waals surface area contributed by atoms with Crippen LogP contribution in [-0.2, 0) is 13.0 Å². The second-order valence-electron chi connectivity index (χ2n) is 5.63. The van der Waals surface area contributed by atoms with E-state index in [0.717, 1.165) is 18.6 Å². The molecule has 0 aliphatic rings. The van der Waals surface area contributed by atoms with E-state index < -0.39 is 0 Å². The maximum Gasteiger partial charge on any atom is 0.140 e. The Labute approximate surface area is 125 Å². The molecule has 0 atom stereocenters. The van der Waals surface area contributed by atoms with Crippen molar-refractivity contribution in [1.82, 2.24) is 9.55 Å². The van der Waals surface area contributed by atoms with E-state index in [1.807, 2.05) is 12.3 Å². The van der Waals surface area contributed by atoms with Gasteiger partial charge < -0.3 is 10.3 Å². The van der Waals surface area contributed by atoms with Gasteiger partial charge in [-0.2, -0.15) is 0 Å². The summed E-state index contributed by atoms with van der Waals surface area (Å²) in [6.07, 6.45) is 4.95. The molecule has 3 rings (SSSR count). The molecule has 1 aromatic carbocycles. The van der Waals surface area contributed by atoms with E-state index in [9.17, 15) is 0 Å². The average molecular weight is 279 g/mol. The first-order valence-electron chi connectivity index (χ1n) is 7.38. The van der Waals surface area contributed by atoms with Crippen molar-refractivity contribution in [2.75, 3.05) is 6.54 Å². The summed E-state index contributed by atoms with van der Waals surface area (Å²) in [5, 5.41) is 1.22. The van der Waals surface area contributed by atoms with Crippen LogP contribution in [0.25, 0.3) is 11.0 Å². The number of hydrogen-bond acceptors (Lipinski definition) is 2. The molecule has 0 amide bonds. The highest BCUT2D eigenvalue weighted by atomic mass is 15.0. The van der Waals surface area contributed by atoms with E-state index in [0.29, 0.717) is 6.54 Å². The fraction of sp³-hybridized carbons (Fsp3) is 0.278. The van der Waals surface area contributed by atoms with Crippen molar-refractivity contribution < 1.29 is 0 Å². The minimum absolute atomic E-state index is 0.664. The molecule has 108 valence electrons. The van der Waals surface area contributed by atoms with Crippen LogP contribution in [0.3, 0.4) is 0 Å². The Morgan fingerprint density at radius 3 is 2.81 bits per heavy atom. The van der Waals surface area contributed by atoms with Gasteiger partial charge in [0.05, 0.1) is 0 Å². The molecular weight excluding hydrogens is 258 g/mol. The lowest BCUT2D eigenvalue weighted by Gasteiger charge is -2.09. The molecule has 0 fully saturated rings. The van der Waals surface area contributed by atoms with Crippen LogP contribution in [0.2, 0.25) is 0 Å². The topological polar surface area (TPSA) is 43.8 Å². The molecule has 0 saturated heterocycles. The van der Waals surface area contributed by atoms with Crippen molar-refractivity contribution in [1.29, 1.82) is 0 Å². The lowest BCUT2D eigenvalue weighted by atomic mass is 10.1. The number of nitrogens with two attached hydrogens (primary N) is 1. The Morgan fingerprint density at radius 2 is 2.00 bits per heavy atom. The predicted molar refractivity (Wildman–Crippen MR) is 87.5 cm³/mol. The number of nitrogens with zero attached hydrogens (tertiary/aromatic N) is 2. The summed E-state index contributed by atoms with van der Waals surface area (Å²) in [5.74, 6) is 0. The predicted octanol–water partition coefficient (Wildman–Crippen LogP) is 3.20. The molecule has 0 radical (unpaired) electrons. The largest absolute Gasteiger partial charge is 0.330 e. The monoisotopic (exact) mass is 279 g/mol. The van der Waals surface area contributed by atoms with Crippen LogP contribution >= 0.6 is 0 Å². The van der Waals surface area contributed by atoms with Crippen LogP contribution in [0.5, 0.6) is 0 Å². The van der Waals surface area contributed by atoms with Gasteiger partial charge in [0, 0.05) is 24.3 Å². The minimum atomic E-state index is 0.664. The van der Waals surface area contributed by atoms with Gasteiger partial charge in [0.1, 0.15) is 5.65 Å². The number of fused-ring (bicyclic) bond motifs is 1. The van der Waals surface area contributed by atoms with Crippen molar-refractivity contribution in [3.63, 3.8) is 0 Å². The number of aromatic nitrogens is 2. The second kappa shape index (κ2) is 5.70. The summed E-state index contributed by atoms with van der Waals surface area (Å²) in [6, 6.07) is 10.7. The smallest absolute Gasteiger partial charge is 0.140 e. The molecule has 0 unspecified atom stereocenters. The summed E-state index contributed by atoms with van der Waals surface area (Å²) >= 11 is 0. The van der Waals surface area contributed by atoms with Crippen molar-refractivity contribution in [2.24, 2.45) is 5.73 Å². The molecule has 3 nitrogen and oxygen atoms in total. The zero-order valence-corrected chi connectivity index (χ0v) is 12.6. The Bertz CT molecular complexity index is 771. The molecule has 21 heavy (non-hydrogen) atoms. The Kier molecular flexibility index (Phi) is 3.76. The van der Waals surface area contributed by atoms with Crippen LogP contribution in [0.1, 0.15) is 22.3 Å². The number of rotatable bonds is 4. The molecule has 3 heteroatoms. The van der Waals surface area contributed by atoms with Crippen molar-refractivity contribution in [3.05, 3.63) is 65.0 Å². The van der Waals surface area contributed by atoms with E-state index in [1.54, 1.807) is 0 Å². The van der Waals surface area contributed by atoms with Gasteiger partial charge >= 0.3 is 0 Å². The Balaban J connectivity index is 2.06. The van der Waals surface area contributed by atoms with Crippen molar-refractivity contribution >= 4 is 11.0 Å². The zero-order valence-electron chi connectivity index (χ0n) is 12.6. The highest BCUT2D eigenvalue weighted by Gasteiger charge is 2.10. The van der Waals surface area contributed by atoms with E-state index in [1.165, 1.54) is 27.6 Å². The third-order valence-corrected chi connectivity index (χ3v) is 3.98. The lowest BCUT2D eigenvalue weighted by molar-refractivity contribution is 0.811. The van der Waals surface area contributed by atoms with E-state index in [2.05, 4.69) is 53.9 Å². The molecule has 0 spiro atoms. The van der Waals surface area contributed by atoms with Crippen LogP contribution in [-0.4, -0.2) is 16.1 Å². The van der Waals surface area contributed by atoms with Crippen molar-refractivity contribution in [3.8, 4) is 0 Å². The number of aryl methyl sites for hydroxylation is 2. The molecule has 0 saturated carbocycles. The summed E-state index contributed by atoms with van der Waals surface area (Å²) in [6.45, 7) is 5.81. The summed E-state index contributed by atoms with van der Waals surface area (Å²) < 4.78 is 2.24. The van der Waals surface area contributed by atoms with Crippen LogP contribution in [0.4, 0.5) is 0 Å². The molecule has 0 aliphatic carbocycles. The second-order valence-corrected chi connectivity index (χ2v) is 5.63. The normalized spacial score (nSPS) is 11.2. The van der Waals surface area contributed by atoms with Gasteiger partial charge in [0.2, 0.25) is 0 Å². The van der Waals surface area contributed by atoms with Crippen molar-refractivity contribution in [2.45, 2.75) is 26.8 Å². The van der Waals surface area contributed by atoms with Crippen LogP contribution in [0, 0.1) is 13.8 Å². The molecule has 2 heterocycles. The molecule has 3 aromatic rings. The Morgan fingerprint density at radius 1 is 1.14 bits per heavy atom. The first kappa shape index (κ1) is 13.8. The molecule has 0 bridgehead atoms. The maximum absolute atomic E-state index is 5.73. The van der Waals surface area contributed by atoms with Crippen LogP contribution in [0.15, 0.2) is 42.7 Å². The Hall–Kier alpha value is -2.13. The lowest BCUT2D eigenvalue weighted by Crippen LogP contribution is -2.03. The SMILES string of the molecule is Cc1ccc(C)c(Cn2cc(CCN)c3cccnc32)c1. The first-order chi connectivity index (χ1) is 10.2. The quantitative estimate of drug-likeness (QED) is 0.797. The van der Waals surface area contributed by atoms with Gasteiger partial charge in [-0.05, 0) is 55.6 Å². The van der Waals surface area contributed by atoms with Gasteiger partial charge in [-0.3, -0.25) is 0 Å². The summed E-state index contributed by atoms with van der Waals surface area (Å²) in [4.78, 5) is 4.55. The third kappa shape index (κ3) is 2.69. The molecule has 0 aliphatic heterocycles. The number of pyridine rings is 1. The average Bonchev–Trinajstić information content (AvgIpc) is 2.82.